The van der Waals surface area contributed by atoms with Crippen LogP contribution in [0.3, 0.4) is 0 Å². The number of piperidine rings is 1. The SMILES string of the molecule is N#Cc1c(F)cccc1N(CC1CCCNC1)C1CC1. The van der Waals surface area contributed by atoms with Crippen molar-refractivity contribution in [3.05, 3.63) is 29.6 Å². The normalized spacial score (nSPS) is 22.3. The Bertz CT molecular complexity index is 513. The van der Waals surface area contributed by atoms with E-state index >= 15 is 0 Å². The van der Waals surface area contributed by atoms with Crippen LogP contribution in [0, 0.1) is 23.1 Å². The molecule has 1 atom stereocenters. The molecule has 1 N–H and O–H groups in total. The number of rotatable bonds is 4. The first-order valence-corrected chi connectivity index (χ1v) is 7.45. The molecule has 106 valence electrons. The van der Waals surface area contributed by atoms with Gasteiger partial charge in [0.2, 0.25) is 0 Å². The van der Waals surface area contributed by atoms with E-state index in [2.05, 4.69) is 10.2 Å². The van der Waals surface area contributed by atoms with Gasteiger partial charge in [0.15, 0.2) is 0 Å². The van der Waals surface area contributed by atoms with Gasteiger partial charge in [-0.1, -0.05) is 6.07 Å². The quantitative estimate of drug-likeness (QED) is 0.916. The first kappa shape index (κ1) is 13.4. The number of hydrogen-bond acceptors (Lipinski definition) is 3. The Morgan fingerprint density at radius 1 is 1.35 bits per heavy atom. The van der Waals surface area contributed by atoms with Crippen LogP contribution >= 0.6 is 0 Å². The predicted octanol–water partition coefficient (Wildman–Crippen LogP) is 2.67. The Hall–Kier alpha value is -1.60. The van der Waals surface area contributed by atoms with Crippen LogP contribution in [0.2, 0.25) is 0 Å². The molecule has 1 saturated heterocycles. The lowest BCUT2D eigenvalue weighted by atomic mass is 9.98. The predicted molar refractivity (Wildman–Crippen MR) is 77.1 cm³/mol. The fourth-order valence-corrected chi connectivity index (χ4v) is 3.05. The number of nitrogens with one attached hydrogen (secondary N) is 1. The smallest absolute Gasteiger partial charge is 0.143 e. The molecule has 2 aliphatic rings. The molecule has 1 heterocycles. The Balaban J connectivity index is 1.83. The van der Waals surface area contributed by atoms with Gasteiger partial charge >= 0.3 is 0 Å². The molecular weight excluding hydrogens is 253 g/mol. The lowest BCUT2D eigenvalue weighted by molar-refractivity contribution is 0.376. The third-order valence-electron chi connectivity index (χ3n) is 4.25. The van der Waals surface area contributed by atoms with Crippen LogP contribution in [0.1, 0.15) is 31.2 Å². The zero-order valence-corrected chi connectivity index (χ0v) is 11.6. The molecule has 1 unspecified atom stereocenters. The van der Waals surface area contributed by atoms with E-state index < -0.39 is 5.82 Å². The van der Waals surface area contributed by atoms with E-state index in [0.29, 0.717) is 12.0 Å². The fraction of sp³-hybridized carbons (Fsp3) is 0.562. The number of nitrogens with zero attached hydrogens (tertiary/aromatic N) is 2. The summed E-state index contributed by atoms with van der Waals surface area (Å²) in [7, 11) is 0. The van der Waals surface area contributed by atoms with Gasteiger partial charge in [0.05, 0.1) is 5.69 Å². The summed E-state index contributed by atoms with van der Waals surface area (Å²) in [5, 5.41) is 12.7. The van der Waals surface area contributed by atoms with Crippen molar-refractivity contribution < 1.29 is 4.39 Å². The summed E-state index contributed by atoms with van der Waals surface area (Å²) >= 11 is 0. The molecule has 0 aromatic heterocycles. The highest BCUT2D eigenvalue weighted by atomic mass is 19.1. The summed E-state index contributed by atoms with van der Waals surface area (Å²) in [4.78, 5) is 2.26. The first-order valence-electron chi connectivity index (χ1n) is 7.45. The molecule has 0 amide bonds. The van der Waals surface area contributed by atoms with Crippen LogP contribution in [0.25, 0.3) is 0 Å². The Labute approximate surface area is 119 Å². The molecule has 0 bridgehead atoms. The van der Waals surface area contributed by atoms with E-state index in [-0.39, 0.29) is 5.56 Å². The second-order valence-corrected chi connectivity index (χ2v) is 5.84. The van der Waals surface area contributed by atoms with Crippen molar-refractivity contribution in [1.82, 2.24) is 5.32 Å². The van der Waals surface area contributed by atoms with Crippen LogP contribution in [-0.2, 0) is 0 Å². The van der Waals surface area contributed by atoms with Crippen molar-refractivity contribution in [3.63, 3.8) is 0 Å². The van der Waals surface area contributed by atoms with Gasteiger partial charge in [-0.05, 0) is 56.8 Å². The van der Waals surface area contributed by atoms with Gasteiger partial charge in [0.1, 0.15) is 17.4 Å². The fourth-order valence-electron chi connectivity index (χ4n) is 3.05. The molecule has 1 aromatic rings. The number of benzene rings is 1. The highest BCUT2D eigenvalue weighted by Crippen LogP contribution is 2.35. The molecule has 1 aromatic carbocycles. The maximum Gasteiger partial charge on any atom is 0.143 e. The number of halogens is 1. The Kier molecular flexibility index (Phi) is 3.88. The van der Waals surface area contributed by atoms with Crippen LogP contribution < -0.4 is 10.2 Å². The minimum Gasteiger partial charge on any atom is -0.367 e. The van der Waals surface area contributed by atoms with E-state index in [1.165, 1.54) is 18.9 Å². The second-order valence-electron chi connectivity index (χ2n) is 5.84. The monoisotopic (exact) mass is 273 g/mol. The van der Waals surface area contributed by atoms with Crippen molar-refractivity contribution >= 4 is 5.69 Å². The number of anilines is 1. The van der Waals surface area contributed by atoms with Gasteiger partial charge in [0, 0.05) is 12.6 Å². The summed E-state index contributed by atoms with van der Waals surface area (Å²) in [5.41, 5.74) is 0.976. The minimum atomic E-state index is -0.405. The molecule has 1 aliphatic heterocycles. The molecule has 1 aliphatic carbocycles. The standard InChI is InChI=1S/C16H20FN3/c17-15-4-1-5-16(14(15)9-18)20(13-6-7-13)11-12-3-2-8-19-10-12/h1,4-5,12-13,19H,2-3,6-8,10-11H2. The van der Waals surface area contributed by atoms with Crippen LogP contribution in [-0.4, -0.2) is 25.7 Å². The third-order valence-corrected chi connectivity index (χ3v) is 4.25. The zero-order valence-electron chi connectivity index (χ0n) is 11.6. The van der Waals surface area contributed by atoms with E-state index in [4.69, 9.17) is 0 Å². The minimum absolute atomic E-state index is 0.197. The molecule has 0 spiro atoms. The summed E-state index contributed by atoms with van der Waals surface area (Å²) in [6, 6.07) is 7.49. The van der Waals surface area contributed by atoms with Crippen molar-refractivity contribution in [2.75, 3.05) is 24.5 Å². The van der Waals surface area contributed by atoms with Gasteiger partial charge in [-0.25, -0.2) is 4.39 Å². The first-order chi connectivity index (χ1) is 9.79. The summed E-state index contributed by atoms with van der Waals surface area (Å²) in [5.74, 6) is 0.191. The van der Waals surface area contributed by atoms with Crippen molar-refractivity contribution in [2.45, 2.75) is 31.7 Å². The topological polar surface area (TPSA) is 39.1 Å². The third kappa shape index (κ3) is 2.78. The van der Waals surface area contributed by atoms with Crippen LogP contribution in [0.15, 0.2) is 18.2 Å². The Morgan fingerprint density at radius 3 is 2.85 bits per heavy atom. The number of nitriles is 1. The van der Waals surface area contributed by atoms with Crippen molar-refractivity contribution in [2.24, 2.45) is 5.92 Å². The van der Waals surface area contributed by atoms with Crippen LogP contribution in [0.4, 0.5) is 10.1 Å². The molecule has 20 heavy (non-hydrogen) atoms. The van der Waals surface area contributed by atoms with Gasteiger partial charge in [-0.2, -0.15) is 5.26 Å². The maximum atomic E-state index is 13.8. The molecule has 4 heteroatoms. The molecule has 0 radical (unpaired) electrons. The average molecular weight is 273 g/mol. The highest BCUT2D eigenvalue weighted by Gasteiger charge is 2.32. The van der Waals surface area contributed by atoms with Gasteiger partial charge in [-0.3, -0.25) is 0 Å². The largest absolute Gasteiger partial charge is 0.367 e. The second kappa shape index (κ2) is 5.80. The summed E-state index contributed by atoms with van der Waals surface area (Å²) < 4.78 is 13.8. The van der Waals surface area contributed by atoms with Gasteiger partial charge in [0.25, 0.3) is 0 Å². The van der Waals surface area contributed by atoms with E-state index in [1.807, 2.05) is 12.1 Å². The average Bonchev–Trinajstić information content (AvgIpc) is 3.30. The number of hydrogen-bond donors (Lipinski definition) is 1. The summed E-state index contributed by atoms with van der Waals surface area (Å²) in [6.45, 7) is 3.06. The Morgan fingerprint density at radius 2 is 2.20 bits per heavy atom. The highest BCUT2D eigenvalue weighted by molar-refractivity contribution is 5.61. The van der Waals surface area contributed by atoms with Crippen LogP contribution in [0.5, 0.6) is 0 Å². The molecule has 1 saturated carbocycles. The van der Waals surface area contributed by atoms with E-state index in [9.17, 15) is 9.65 Å². The van der Waals surface area contributed by atoms with Crippen molar-refractivity contribution in [1.29, 1.82) is 5.26 Å². The van der Waals surface area contributed by atoms with Gasteiger partial charge < -0.3 is 10.2 Å². The molecular formula is C16H20FN3. The van der Waals surface area contributed by atoms with E-state index in [0.717, 1.165) is 38.2 Å². The summed E-state index contributed by atoms with van der Waals surface area (Å²) in [6.07, 6.45) is 4.73. The zero-order chi connectivity index (χ0) is 13.9. The molecule has 2 fully saturated rings. The van der Waals surface area contributed by atoms with E-state index in [1.54, 1.807) is 6.07 Å². The molecule has 3 rings (SSSR count). The maximum absolute atomic E-state index is 13.8. The van der Waals surface area contributed by atoms with Gasteiger partial charge in [-0.15, -0.1) is 0 Å². The lowest BCUT2D eigenvalue weighted by Crippen LogP contribution is -2.39. The van der Waals surface area contributed by atoms with Crippen molar-refractivity contribution in [3.8, 4) is 6.07 Å². The molecule has 3 nitrogen and oxygen atoms in total. The lowest BCUT2D eigenvalue weighted by Gasteiger charge is -2.32.